The lowest BCUT2D eigenvalue weighted by molar-refractivity contribution is -0.133. The van der Waals surface area contributed by atoms with Crippen LogP contribution in [0.2, 0.25) is 0 Å². The summed E-state index contributed by atoms with van der Waals surface area (Å²) in [6.45, 7) is 2.76. The number of amides is 2. The van der Waals surface area contributed by atoms with Crippen molar-refractivity contribution in [3.8, 4) is 0 Å². The predicted octanol–water partition coefficient (Wildman–Crippen LogP) is 5.88. The van der Waals surface area contributed by atoms with Crippen molar-refractivity contribution in [1.29, 1.82) is 0 Å². The molecule has 0 unspecified atom stereocenters. The van der Waals surface area contributed by atoms with Gasteiger partial charge in [0.05, 0.1) is 6.04 Å². The summed E-state index contributed by atoms with van der Waals surface area (Å²) in [5, 5.41) is 12.6. The highest BCUT2D eigenvalue weighted by molar-refractivity contribution is 5.98. The van der Waals surface area contributed by atoms with Crippen LogP contribution in [0.4, 0.5) is 0 Å². The SMILES string of the molecule is O=C(NC[C@H]1CCN(CC(c2ccccc2)c2ccccc2)C(=O)[C@@H](CCCCNC2CC2)N1)c1ccc2ccccc2c1. The van der Waals surface area contributed by atoms with Crippen molar-refractivity contribution in [3.63, 3.8) is 0 Å². The molecule has 3 N–H and O–H groups in total. The first-order valence-corrected chi connectivity index (χ1v) is 16.3. The molecular weight excluding hydrogens is 544 g/mol. The fraction of sp³-hybridized carbons (Fsp3) is 0.368. The van der Waals surface area contributed by atoms with Gasteiger partial charge in [-0.15, -0.1) is 0 Å². The Bertz CT molecular complexity index is 1480. The molecule has 1 heterocycles. The Morgan fingerprint density at radius 2 is 1.50 bits per heavy atom. The first-order valence-electron chi connectivity index (χ1n) is 16.3. The van der Waals surface area contributed by atoms with Crippen molar-refractivity contribution in [2.24, 2.45) is 0 Å². The summed E-state index contributed by atoms with van der Waals surface area (Å²) < 4.78 is 0. The molecule has 2 amide bonds. The molecule has 6 nitrogen and oxygen atoms in total. The van der Waals surface area contributed by atoms with E-state index in [2.05, 4.69) is 75.4 Å². The van der Waals surface area contributed by atoms with Crippen molar-refractivity contribution in [2.75, 3.05) is 26.2 Å². The Hall–Kier alpha value is -4.00. The molecular formula is C38H44N4O2. The van der Waals surface area contributed by atoms with Crippen LogP contribution in [0, 0.1) is 0 Å². The van der Waals surface area contributed by atoms with Crippen molar-refractivity contribution in [2.45, 2.75) is 62.6 Å². The van der Waals surface area contributed by atoms with Gasteiger partial charge < -0.3 is 20.9 Å². The maximum atomic E-state index is 14.1. The molecule has 4 aromatic carbocycles. The van der Waals surface area contributed by atoms with E-state index < -0.39 is 0 Å². The number of carbonyl (C=O) groups excluding carboxylic acids is 2. The second-order valence-corrected chi connectivity index (χ2v) is 12.4. The van der Waals surface area contributed by atoms with Crippen molar-refractivity contribution < 1.29 is 9.59 Å². The first kappa shape index (κ1) is 30.0. The zero-order valence-corrected chi connectivity index (χ0v) is 25.5. The largest absolute Gasteiger partial charge is 0.350 e. The molecule has 2 fully saturated rings. The molecule has 0 aromatic heterocycles. The second kappa shape index (κ2) is 14.7. The lowest BCUT2D eigenvalue weighted by Gasteiger charge is -2.29. The van der Waals surface area contributed by atoms with Gasteiger partial charge in [-0.25, -0.2) is 0 Å². The number of nitrogens with one attached hydrogen (secondary N) is 3. The molecule has 6 rings (SSSR count). The van der Waals surface area contributed by atoms with Gasteiger partial charge in [0.25, 0.3) is 5.91 Å². The maximum absolute atomic E-state index is 14.1. The number of hydrogen-bond donors (Lipinski definition) is 3. The number of carbonyl (C=O) groups is 2. The minimum absolute atomic E-state index is 0.00912. The summed E-state index contributed by atoms with van der Waals surface area (Å²) in [6, 6.07) is 35.4. The average Bonchev–Trinajstić information content (AvgIpc) is 3.92. The molecule has 2 aliphatic rings. The van der Waals surface area contributed by atoms with Crippen LogP contribution < -0.4 is 16.0 Å². The van der Waals surface area contributed by atoms with Gasteiger partial charge in [0.1, 0.15) is 0 Å². The summed E-state index contributed by atoms with van der Waals surface area (Å²) >= 11 is 0. The molecule has 4 aromatic rings. The van der Waals surface area contributed by atoms with Crippen molar-refractivity contribution >= 4 is 22.6 Å². The van der Waals surface area contributed by atoms with Gasteiger partial charge in [0.15, 0.2) is 0 Å². The summed E-state index contributed by atoms with van der Waals surface area (Å²) in [5.74, 6) is 0.176. The van der Waals surface area contributed by atoms with Gasteiger partial charge in [-0.2, -0.15) is 0 Å². The van der Waals surface area contributed by atoms with E-state index in [1.54, 1.807) is 0 Å². The van der Waals surface area contributed by atoms with E-state index in [4.69, 9.17) is 0 Å². The number of hydrogen-bond acceptors (Lipinski definition) is 4. The molecule has 2 atom stereocenters. The van der Waals surface area contributed by atoms with E-state index in [-0.39, 0.29) is 29.8 Å². The smallest absolute Gasteiger partial charge is 0.251 e. The van der Waals surface area contributed by atoms with E-state index in [1.165, 1.54) is 24.0 Å². The van der Waals surface area contributed by atoms with Gasteiger partial charge in [0.2, 0.25) is 5.91 Å². The van der Waals surface area contributed by atoms with Crippen LogP contribution in [0.5, 0.6) is 0 Å². The van der Waals surface area contributed by atoms with Crippen LogP contribution in [0.15, 0.2) is 103 Å². The third kappa shape index (κ3) is 7.93. The molecule has 0 radical (unpaired) electrons. The summed E-state index contributed by atoms with van der Waals surface area (Å²) in [6.07, 6.45) is 6.18. The summed E-state index contributed by atoms with van der Waals surface area (Å²) in [7, 11) is 0. The average molecular weight is 589 g/mol. The van der Waals surface area contributed by atoms with Crippen LogP contribution in [-0.2, 0) is 4.79 Å². The predicted molar refractivity (Wildman–Crippen MR) is 178 cm³/mol. The number of benzene rings is 4. The number of rotatable bonds is 13. The Morgan fingerprint density at radius 1 is 0.818 bits per heavy atom. The van der Waals surface area contributed by atoms with E-state index >= 15 is 0 Å². The molecule has 1 aliphatic carbocycles. The fourth-order valence-electron chi connectivity index (χ4n) is 6.34. The Kier molecular flexibility index (Phi) is 10.0. The van der Waals surface area contributed by atoms with Crippen molar-refractivity contribution in [1.82, 2.24) is 20.9 Å². The zero-order valence-electron chi connectivity index (χ0n) is 25.5. The van der Waals surface area contributed by atoms with Gasteiger partial charge in [-0.1, -0.05) is 97.4 Å². The third-order valence-corrected chi connectivity index (χ3v) is 9.05. The topological polar surface area (TPSA) is 73.5 Å². The Balaban J connectivity index is 1.15. The minimum atomic E-state index is -0.270. The molecule has 228 valence electrons. The number of unbranched alkanes of at least 4 members (excludes halogenated alkanes) is 1. The number of nitrogens with zero attached hydrogens (tertiary/aromatic N) is 1. The zero-order chi connectivity index (χ0) is 30.1. The molecule has 0 bridgehead atoms. The molecule has 0 spiro atoms. The molecule has 6 heteroatoms. The highest BCUT2D eigenvalue weighted by Crippen LogP contribution is 2.27. The van der Waals surface area contributed by atoms with E-state index in [1.807, 2.05) is 48.5 Å². The second-order valence-electron chi connectivity index (χ2n) is 12.4. The van der Waals surface area contributed by atoms with Crippen LogP contribution in [-0.4, -0.2) is 61.0 Å². The quantitative estimate of drug-likeness (QED) is 0.171. The van der Waals surface area contributed by atoms with Crippen LogP contribution >= 0.6 is 0 Å². The molecule has 1 saturated heterocycles. The van der Waals surface area contributed by atoms with Gasteiger partial charge in [-0.05, 0) is 72.7 Å². The van der Waals surface area contributed by atoms with Gasteiger partial charge in [-0.3, -0.25) is 9.59 Å². The van der Waals surface area contributed by atoms with Crippen molar-refractivity contribution in [3.05, 3.63) is 120 Å². The fourth-order valence-corrected chi connectivity index (χ4v) is 6.34. The minimum Gasteiger partial charge on any atom is -0.350 e. The monoisotopic (exact) mass is 588 g/mol. The molecule has 1 saturated carbocycles. The molecule has 1 aliphatic heterocycles. The molecule has 44 heavy (non-hydrogen) atoms. The summed E-state index contributed by atoms with van der Waals surface area (Å²) in [4.78, 5) is 29.3. The van der Waals surface area contributed by atoms with Crippen LogP contribution in [0.3, 0.4) is 0 Å². The van der Waals surface area contributed by atoms with E-state index in [9.17, 15) is 9.59 Å². The van der Waals surface area contributed by atoms with E-state index in [0.717, 1.165) is 43.0 Å². The third-order valence-electron chi connectivity index (χ3n) is 9.05. The lowest BCUT2D eigenvalue weighted by atomic mass is 9.90. The van der Waals surface area contributed by atoms with E-state index in [0.29, 0.717) is 31.2 Å². The normalized spacial score (nSPS) is 18.8. The Morgan fingerprint density at radius 3 is 2.20 bits per heavy atom. The highest BCUT2D eigenvalue weighted by Gasteiger charge is 2.32. The maximum Gasteiger partial charge on any atom is 0.251 e. The Labute approximate surface area is 261 Å². The number of fused-ring (bicyclic) bond motifs is 1. The first-order chi connectivity index (χ1) is 21.6. The van der Waals surface area contributed by atoms with Gasteiger partial charge in [0, 0.05) is 43.2 Å². The summed E-state index contributed by atoms with van der Waals surface area (Å²) in [5.41, 5.74) is 3.08. The van der Waals surface area contributed by atoms with Crippen LogP contribution in [0.25, 0.3) is 10.8 Å². The highest BCUT2D eigenvalue weighted by atomic mass is 16.2. The van der Waals surface area contributed by atoms with Crippen LogP contribution in [0.1, 0.15) is 65.9 Å². The lowest BCUT2D eigenvalue weighted by Crippen LogP contribution is -2.49. The standard InChI is InChI=1S/C38H44N4O2/c43-37(32-19-18-28-11-7-8-16-31(28)25-32)40-26-34-22-24-42(38(44)36(41-34)17-9-10-23-39-33-20-21-33)27-35(29-12-3-1-4-13-29)30-14-5-2-6-15-30/h1-8,11-16,18-19,25,33-36,39,41H,9-10,17,20-24,26-27H2,(H,40,43)/t34-,36-/m1/s1. The van der Waals surface area contributed by atoms with Gasteiger partial charge >= 0.3 is 0 Å².